The number of phosphoric acid groups is 1. The fraction of sp³-hybridized carbons (Fsp3) is 0.222. The molecule has 170 valence electrons. The Balaban J connectivity index is 2.35. The van der Waals surface area contributed by atoms with Crippen LogP contribution < -0.4 is 28.2 Å². The molecule has 0 aromatic heterocycles. The van der Waals surface area contributed by atoms with Crippen molar-refractivity contribution in [1.29, 1.82) is 0 Å². The molecule has 0 aliphatic carbocycles. The van der Waals surface area contributed by atoms with Gasteiger partial charge in [0, 0.05) is 18.2 Å². The average Bonchev–Trinajstić information content (AvgIpc) is 2.70. The van der Waals surface area contributed by atoms with Crippen LogP contribution in [0, 0.1) is 0 Å². The lowest BCUT2D eigenvalue weighted by molar-refractivity contribution is 0.276. The summed E-state index contributed by atoms with van der Waals surface area (Å²) in [6.45, 7) is 0. The second-order valence-corrected chi connectivity index (χ2v) is 8.57. The van der Waals surface area contributed by atoms with Gasteiger partial charge in [-0.15, -0.1) is 0 Å². The molecule has 13 heteroatoms. The monoisotopic (exact) mass is 475 g/mol. The van der Waals surface area contributed by atoms with Crippen molar-refractivity contribution in [2.45, 2.75) is 0 Å². The molecule has 0 amide bonds. The largest absolute Gasteiger partial charge is 0.524 e. The molecule has 0 fully saturated rings. The van der Waals surface area contributed by atoms with Gasteiger partial charge in [-0.1, -0.05) is 0 Å². The summed E-state index contributed by atoms with van der Waals surface area (Å²) in [4.78, 5) is 18.0. The van der Waals surface area contributed by atoms with E-state index in [1.165, 1.54) is 46.6 Å². The molecule has 0 unspecified atom stereocenters. The fourth-order valence-electron chi connectivity index (χ4n) is 2.49. The summed E-state index contributed by atoms with van der Waals surface area (Å²) in [7, 11) is -3.36. The number of ether oxygens (including phenoxy) is 4. The van der Waals surface area contributed by atoms with Crippen LogP contribution in [0.25, 0.3) is 6.08 Å². The van der Waals surface area contributed by atoms with Crippen molar-refractivity contribution in [2.24, 2.45) is 0 Å². The van der Waals surface area contributed by atoms with E-state index in [0.717, 1.165) is 11.5 Å². The molecule has 2 aromatic rings. The Hall–Kier alpha value is -2.92. The predicted molar refractivity (Wildman–Crippen MR) is 113 cm³/mol. The van der Waals surface area contributed by atoms with Crippen LogP contribution in [-0.2, 0) is 14.6 Å². The van der Waals surface area contributed by atoms with E-state index in [4.69, 9.17) is 28.7 Å². The van der Waals surface area contributed by atoms with Crippen molar-refractivity contribution in [3.05, 3.63) is 41.3 Å². The van der Waals surface area contributed by atoms with Crippen LogP contribution in [0.3, 0.4) is 0 Å². The highest BCUT2D eigenvalue weighted by Crippen LogP contribution is 2.43. The lowest BCUT2D eigenvalue weighted by Gasteiger charge is -2.13. The van der Waals surface area contributed by atoms with E-state index in [1.54, 1.807) is 12.1 Å². The Kier molecular flexibility index (Phi) is 7.80. The molecule has 2 aromatic carbocycles. The third-order valence-electron chi connectivity index (χ3n) is 3.81. The standard InChI is InChI=1S/C18H22NO10PS/c1-25-13-10-16(27-3)14(17(11-13)28-4)7-8-31(23,24)19-12-5-6-15(26-2)18(9-12)29-30(20,21)22/h5-11,19H,1-4H3,(H2,20,21,22). The van der Waals surface area contributed by atoms with Crippen molar-refractivity contribution in [3.8, 4) is 28.7 Å². The Morgan fingerprint density at radius 2 is 1.45 bits per heavy atom. The summed E-state index contributed by atoms with van der Waals surface area (Å²) >= 11 is 0. The van der Waals surface area contributed by atoms with Gasteiger partial charge in [0.05, 0.1) is 45.1 Å². The molecule has 0 saturated carbocycles. The molecular formula is C18H22NO10PS. The number of hydrogen-bond donors (Lipinski definition) is 3. The number of sulfonamides is 1. The van der Waals surface area contributed by atoms with Gasteiger partial charge in [0.2, 0.25) is 0 Å². The molecule has 2 rings (SSSR count). The first-order chi connectivity index (χ1) is 14.5. The number of hydrogen-bond acceptors (Lipinski definition) is 8. The predicted octanol–water partition coefficient (Wildman–Crippen LogP) is 2.61. The van der Waals surface area contributed by atoms with Crippen LogP contribution in [0.2, 0.25) is 0 Å². The van der Waals surface area contributed by atoms with Crippen molar-refractivity contribution in [1.82, 2.24) is 0 Å². The van der Waals surface area contributed by atoms with Gasteiger partial charge in [0.15, 0.2) is 11.5 Å². The number of phosphoric ester groups is 1. The second kappa shape index (κ2) is 9.92. The van der Waals surface area contributed by atoms with E-state index in [1.807, 2.05) is 0 Å². The van der Waals surface area contributed by atoms with Crippen molar-refractivity contribution >= 4 is 29.6 Å². The summed E-state index contributed by atoms with van der Waals surface area (Å²) < 4.78 is 63.6. The van der Waals surface area contributed by atoms with Crippen LogP contribution in [0.15, 0.2) is 35.7 Å². The zero-order valence-electron chi connectivity index (χ0n) is 17.1. The SMILES string of the molecule is COc1cc(OC)c(C=CS(=O)(=O)Nc2ccc(OC)c(OP(=O)(O)O)c2)c(OC)c1. The molecule has 0 saturated heterocycles. The lowest BCUT2D eigenvalue weighted by atomic mass is 10.1. The van der Waals surface area contributed by atoms with Gasteiger partial charge in [-0.25, -0.2) is 13.0 Å². The highest BCUT2D eigenvalue weighted by atomic mass is 32.2. The molecule has 3 N–H and O–H groups in total. The maximum absolute atomic E-state index is 12.5. The quantitative estimate of drug-likeness (QED) is 0.438. The summed E-state index contributed by atoms with van der Waals surface area (Å²) in [5.41, 5.74) is 0.346. The number of benzene rings is 2. The molecule has 31 heavy (non-hydrogen) atoms. The van der Waals surface area contributed by atoms with E-state index in [0.29, 0.717) is 22.8 Å². The molecule has 0 aliphatic rings. The Morgan fingerprint density at radius 3 is 1.94 bits per heavy atom. The number of nitrogens with one attached hydrogen (secondary N) is 1. The Bertz CT molecular complexity index is 1090. The van der Waals surface area contributed by atoms with Gasteiger partial charge >= 0.3 is 7.82 Å². The Labute approximate surface area is 179 Å². The topological polar surface area (TPSA) is 150 Å². The Morgan fingerprint density at radius 1 is 0.871 bits per heavy atom. The molecule has 0 spiro atoms. The number of rotatable bonds is 10. The van der Waals surface area contributed by atoms with Gasteiger partial charge in [-0.05, 0) is 18.2 Å². The molecule has 0 radical (unpaired) electrons. The zero-order valence-corrected chi connectivity index (χ0v) is 18.8. The van der Waals surface area contributed by atoms with E-state index in [-0.39, 0.29) is 17.2 Å². The fourth-order valence-corrected chi connectivity index (χ4v) is 3.73. The van der Waals surface area contributed by atoms with Crippen LogP contribution in [0.1, 0.15) is 5.56 Å². The summed E-state index contributed by atoms with van der Waals surface area (Å²) in [5, 5.41) is 0.883. The molecule has 0 atom stereocenters. The average molecular weight is 475 g/mol. The maximum atomic E-state index is 12.5. The summed E-state index contributed by atoms with van der Waals surface area (Å²) in [5.74, 6) is 0.782. The lowest BCUT2D eigenvalue weighted by Crippen LogP contribution is -2.09. The number of methoxy groups -OCH3 is 4. The molecule has 0 heterocycles. The molecule has 11 nitrogen and oxygen atoms in total. The first-order valence-corrected chi connectivity index (χ1v) is 11.5. The first kappa shape index (κ1) is 24.4. The minimum atomic E-state index is -4.89. The van der Waals surface area contributed by atoms with E-state index < -0.39 is 17.8 Å². The van der Waals surface area contributed by atoms with Gasteiger partial charge < -0.3 is 23.5 Å². The maximum Gasteiger partial charge on any atom is 0.524 e. The van der Waals surface area contributed by atoms with E-state index >= 15 is 0 Å². The van der Waals surface area contributed by atoms with Gasteiger partial charge in [0.1, 0.15) is 17.2 Å². The first-order valence-electron chi connectivity index (χ1n) is 8.46. The number of anilines is 1. The highest BCUT2D eigenvalue weighted by Gasteiger charge is 2.20. The molecular weight excluding hydrogens is 453 g/mol. The van der Waals surface area contributed by atoms with Crippen molar-refractivity contribution in [2.75, 3.05) is 33.2 Å². The minimum Gasteiger partial charge on any atom is -0.496 e. The molecule has 0 bridgehead atoms. The van der Waals surface area contributed by atoms with E-state index in [2.05, 4.69) is 9.25 Å². The summed E-state index contributed by atoms with van der Waals surface area (Å²) in [6, 6.07) is 6.85. The van der Waals surface area contributed by atoms with Crippen molar-refractivity contribution < 1.29 is 46.2 Å². The van der Waals surface area contributed by atoms with Crippen molar-refractivity contribution in [3.63, 3.8) is 0 Å². The van der Waals surface area contributed by atoms with Crippen LogP contribution in [0.4, 0.5) is 5.69 Å². The summed E-state index contributed by atoms with van der Waals surface area (Å²) in [6.07, 6.45) is 1.27. The van der Waals surface area contributed by atoms with Gasteiger partial charge in [-0.2, -0.15) is 0 Å². The van der Waals surface area contributed by atoms with Crippen LogP contribution in [-0.4, -0.2) is 46.6 Å². The minimum absolute atomic E-state index is 0.00882. The third-order valence-corrected chi connectivity index (χ3v) is 5.26. The van der Waals surface area contributed by atoms with Gasteiger partial charge in [-0.3, -0.25) is 14.5 Å². The zero-order chi connectivity index (χ0) is 23.2. The smallest absolute Gasteiger partial charge is 0.496 e. The van der Waals surface area contributed by atoms with Crippen LogP contribution in [0.5, 0.6) is 28.7 Å². The highest BCUT2D eigenvalue weighted by molar-refractivity contribution is 7.95. The second-order valence-electron chi connectivity index (χ2n) is 5.84. The van der Waals surface area contributed by atoms with E-state index in [9.17, 15) is 13.0 Å². The van der Waals surface area contributed by atoms with Gasteiger partial charge in [0.25, 0.3) is 10.0 Å². The third kappa shape index (κ3) is 6.79. The molecule has 0 aliphatic heterocycles. The normalized spacial score (nSPS) is 11.8. The van der Waals surface area contributed by atoms with Crippen LogP contribution >= 0.6 is 7.82 Å².